The lowest BCUT2D eigenvalue weighted by Gasteiger charge is -2.14. The average molecular weight is 1060 g/mol. The Kier molecular flexibility index (Phi) is 17.0. The molecule has 9 N–H and O–H groups in total. The van der Waals surface area contributed by atoms with Crippen LogP contribution in [-0.4, -0.2) is 96.1 Å². The van der Waals surface area contributed by atoms with Crippen LogP contribution in [0, 0.1) is 6.57 Å². The van der Waals surface area contributed by atoms with Gasteiger partial charge in [0.2, 0.25) is 11.2 Å². The quantitative estimate of drug-likeness (QED) is 0.00712. The third-order valence-corrected chi connectivity index (χ3v) is 12.8. The Bertz CT molecular complexity index is 3220. The van der Waals surface area contributed by atoms with E-state index in [1.54, 1.807) is 0 Å². The van der Waals surface area contributed by atoms with Gasteiger partial charge in [0, 0.05) is 16.5 Å². The molecular weight excluding hydrogens is 1030 g/mol. The number of nitrogens with one attached hydrogen (secondary N) is 3. The Labute approximate surface area is 383 Å². The van der Waals surface area contributed by atoms with Gasteiger partial charge < -0.3 is 15.7 Å². The summed E-state index contributed by atoms with van der Waals surface area (Å²) in [5.41, 5.74) is -0.437. The predicted molar refractivity (Wildman–Crippen MR) is 226 cm³/mol. The molecule has 0 radical (unpaired) electrons. The molecule has 352 valence electrons. The zero-order chi connectivity index (χ0) is 48.5. The third kappa shape index (κ3) is 13.7. The lowest BCUT2D eigenvalue weighted by Crippen LogP contribution is -2.13. The number of benzene rings is 4. The van der Waals surface area contributed by atoms with Crippen molar-refractivity contribution < 1.29 is 85.9 Å². The van der Waals surface area contributed by atoms with Gasteiger partial charge in [0.15, 0.2) is 27.9 Å². The minimum absolute atomic E-state index is 0.0125. The van der Waals surface area contributed by atoms with Gasteiger partial charge in [-0.2, -0.15) is 51.7 Å². The second-order valence-corrected chi connectivity index (χ2v) is 19.8. The van der Waals surface area contributed by atoms with E-state index in [1.807, 2.05) is 0 Å². The van der Waals surface area contributed by atoms with Crippen molar-refractivity contribution in [3.05, 3.63) is 71.4 Å². The highest BCUT2D eigenvalue weighted by Gasteiger charge is 2.25. The van der Waals surface area contributed by atoms with Crippen molar-refractivity contribution in [1.82, 2.24) is 15.0 Å². The lowest BCUT2D eigenvalue weighted by molar-refractivity contribution is -0.434. The molecule has 5 aromatic rings. The molecule has 30 nitrogen and oxygen atoms in total. The summed E-state index contributed by atoms with van der Waals surface area (Å²) in [6.45, 7) is 6.39. The minimum atomic E-state index is -5.25. The number of azo groups is 2. The smallest absolute Gasteiger partial charge is 0.299 e. The van der Waals surface area contributed by atoms with Gasteiger partial charge in [0.1, 0.15) is 38.4 Å². The fraction of sp³-hybridized carbons (Fsp3) is 0.103. The summed E-state index contributed by atoms with van der Waals surface area (Å²) in [6.07, 6.45) is 0. The number of halogens is 1. The fourth-order valence-electron chi connectivity index (χ4n) is 5.07. The summed E-state index contributed by atoms with van der Waals surface area (Å²) < 4.78 is 142. The van der Waals surface area contributed by atoms with Crippen molar-refractivity contribution >= 4 is 133 Å². The van der Waals surface area contributed by atoms with Crippen LogP contribution in [-0.2, 0) is 63.1 Å². The number of phenolic OH excluding ortho intramolecular Hbond substituents is 1. The van der Waals surface area contributed by atoms with Crippen LogP contribution in [0.2, 0.25) is 5.28 Å². The second-order valence-electron chi connectivity index (χ2n) is 11.9. The molecule has 1 heterocycles. The molecule has 0 amide bonds. The Morgan fingerprint density at radius 1 is 0.758 bits per heavy atom. The normalized spacial score (nSPS) is 12.5. The van der Waals surface area contributed by atoms with Gasteiger partial charge in [0.25, 0.3) is 36.3 Å². The monoisotopic (exact) mass is 1060 g/mol. The summed E-state index contributed by atoms with van der Waals surface area (Å²) in [6, 6.07) is 8.65. The topological polar surface area (TPSA) is 433 Å². The first-order valence-corrected chi connectivity index (χ1v) is 24.5. The fourth-order valence-corrected chi connectivity index (χ4v) is 8.82. The second kappa shape index (κ2) is 21.8. The van der Waals surface area contributed by atoms with Gasteiger partial charge in [-0.15, -0.1) is 29.1 Å². The van der Waals surface area contributed by atoms with Crippen LogP contribution in [0.5, 0.6) is 5.75 Å². The lowest BCUT2D eigenvalue weighted by atomic mass is 10.1. The van der Waals surface area contributed by atoms with Crippen LogP contribution in [0.15, 0.2) is 94.6 Å². The molecule has 5 rings (SSSR count). The maximum atomic E-state index is 12.9. The standard InChI is InChI=1S/C29H24ClN11O19S6/c1-31-41-29-35-27(30)34-28(36-29)33-14-2-7-22(65(50,51)52)20(10-14)38-39-24-17-12-21(61-59-57-43)25(26(42)16(17)4-6-19(24)32-13-64(47,48)49)40-37-18-5-3-15(11-23(18)66(53,54)55)63(45,46)9-8-56-62-60-58-44/h2-7,10-12,32,42-44H,8-9,13H2,(H,47,48,49)(H,50,51,52)(H,53,54,55)(H2,33,34,35,36,41). The van der Waals surface area contributed by atoms with Gasteiger partial charge in [0.05, 0.1) is 39.9 Å². The first-order valence-electron chi connectivity index (χ1n) is 16.6. The van der Waals surface area contributed by atoms with Crippen LogP contribution in [0.3, 0.4) is 0 Å². The molecule has 4 aromatic carbocycles. The SMILES string of the molecule is [C-]#[N+]Nc1nc(Cl)nc(Nc2ccc(S(=O)(=O)O)c(N=Nc3c(NCS(=O)(=O)O)ccc4c(O)c(N=Nc5ccc(S(=O)(=O)CCOSOOO)cc5S(=O)(=O)O)c(SOOO)cc34)c2)n1. The number of aromatic nitrogens is 3. The van der Waals surface area contributed by atoms with E-state index in [0.717, 1.165) is 48.5 Å². The van der Waals surface area contributed by atoms with Gasteiger partial charge >= 0.3 is 0 Å². The van der Waals surface area contributed by atoms with E-state index in [1.165, 1.54) is 0 Å². The Morgan fingerprint density at radius 3 is 2.11 bits per heavy atom. The van der Waals surface area contributed by atoms with Gasteiger partial charge in [-0.3, -0.25) is 17.8 Å². The van der Waals surface area contributed by atoms with Crippen molar-refractivity contribution in [2.24, 2.45) is 20.5 Å². The Hall–Kier alpha value is -5.57. The molecule has 0 unspecified atom stereocenters. The molecule has 0 atom stereocenters. The molecule has 0 spiro atoms. The van der Waals surface area contributed by atoms with Crippen LogP contribution < -0.4 is 16.1 Å². The molecular formula is C29H24ClN11O19S6. The van der Waals surface area contributed by atoms with Crippen molar-refractivity contribution in [1.29, 1.82) is 0 Å². The molecule has 37 heteroatoms. The highest BCUT2D eigenvalue weighted by Crippen LogP contribution is 2.48. The first kappa shape index (κ1) is 51.4. The van der Waals surface area contributed by atoms with E-state index in [0.29, 0.717) is 6.07 Å². The first-order chi connectivity index (χ1) is 31.0. The van der Waals surface area contributed by atoms with E-state index < -0.39 is 102 Å². The minimum Gasteiger partial charge on any atom is -0.505 e. The van der Waals surface area contributed by atoms with Gasteiger partial charge in [-0.05, 0) is 66.2 Å². The molecule has 0 saturated heterocycles. The van der Waals surface area contributed by atoms with Gasteiger partial charge in [-0.1, -0.05) is 15.5 Å². The number of aromatic hydroxyl groups is 1. The predicted octanol–water partition coefficient (Wildman–Crippen LogP) is 6.16. The molecule has 0 aliphatic heterocycles. The molecule has 0 saturated carbocycles. The van der Waals surface area contributed by atoms with Crippen LogP contribution in [0.1, 0.15) is 0 Å². The number of hydrogen-bond donors (Lipinski definition) is 9. The van der Waals surface area contributed by atoms with E-state index in [2.05, 4.69) is 75.2 Å². The molecule has 0 bridgehead atoms. The van der Waals surface area contributed by atoms with Crippen molar-refractivity contribution in [3.63, 3.8) is 0 Å². The summed E-state index contributed by atoms with van der Waals surface area (Å²) in [5.74, 6) is -3.27. The summed E-state index contributed by atoms with van der Waals surface area (Å²) in [4.78, 5) is 11.5. The number of sulfone groups is 1. The summed E-state index contributed by atoms with van der Waals surface area (Å²) in [5, 5.41) is 55.5. The highest BCUT2D eigenvalue weighted by atomic mass is 35.5. The third-order valence-electron chi connectivity index (χ3n) is 7.69. The Balaban J connectivity index is 1.65. The number of rotatable bonds is 22. The van der Waals surface area contributed by atoms with Gasteiger partial charge in [-0.25, -0.2) is 18.9 Å². The van der Waals surface area contributed by atoms with Crippen LogP contribution >= 0.6 is 36.0 Å². The van der Waals surface area contributed by atoms with Crippen molar-refractivity contribution in [3.8, 4) is 5.75 Å². The molecule has 0 aliphatic rings. The average Bonchev–Trinajstić information content (AvgIpc) is 3.22. The summed E-state index contributed by atoms with van der Waals surface area (Å²) >= 11 is 6.11. The van der Waals surface area contributed by atoms with E-state index in [9.17, 15) is 52.4 Å². The number of phenols is 1. The van der Waals surface area contributed by atoms with Crippen LogP contribution in [0.25, 0.3) is 15.7 Å². The highest BCUT2D eigenvalue weighted by molar-refractivity contribution is 7.94. The largest absolute Gasteiger partial charge is 0.505 e. The van der Waals surface area contributed by atoms with Crippen molar-refractivity contribution in [2.45, 2.75) is 19.6 Å². The number of anilines is 4. The number of fused-ring (bicyclic) bond motifs is 1. The zero-order valence-corrected chi connectivity index (χ0v) is 37.4. The molecule has 66 heavy (non-hydrogen) atoms. The van der Waals surface area contributed by atoms with E-state index >= 15 is 0 Å². The summed E-state index contributed by atoms with van der Waals surface area (Å²) in [7, 11) is -19.4. The number of nitrogens with zero attached hydrogens (tertiary/aromatic N) is 8. The van der Waals surface area contributed by atoms with Crippen LogP contribution in [0.4, 0.5) is 46.0 Å². The number of hydrogen-bond acceptors (Lipinski definition) is 28. The molecule has 0 aliphatic carbocycles. The zero-order valence-electron chi connectivity index (χ0n) is 31.7. The van der Waals surface area contributed by atoms with E-state index in [-0.39, 0.29) is 68.6 Å². The van der Waals surface area contributed by atoms with E-state index in [4.69, 9.17) is 32.9 Å². The van der Waals surface area contributed by atoms with Crippen molar-refractivity contribution in [2.75, 3.05) is 34.3 Å². The molecule has 0 fully saturated rings. The Morgan fingerprint density at radius 2 is 1.44 bits per heavy atom. The maximum Gasteiger partial charge on any atom is 0.299 e. The maximum absolute atomic E-state index is 12.9. The molecule has 1 aromatic heterocycles.